The van der Waals surface area contributed by atoms with E-state index < -0.39 is 34.6 Å². The van der Waals surface area contributed by atoms with Crippen molar-refractivity contribution in [2.75, 3.05) is 0 Å². The third-order valence-corrected chi connectivity index (χ3v) is 4.68. The molecule has 0 unspecified atom stereocenters. The van der Waals surface area contributed by atoms with Crippen LogP contribution in [-0.4, -0.2) is 9.55 Å². The van der Waals surface area contributed by atoms with Gasteiger partial charge in [0.2, 0.25) is 0 Å². The van der Waals surface area contributed by atoms with Crippen molar-refractivity contribution >= 4 is 31.9 Å². The minimum Gasteiger partial charge on any atom is -0.328 e. The predicted octanol–water partition coefficient (Wildman–Crippen LogP) is 5.78. The van der Waals surface area contributed by atoms with Crippen molar-refractivity contribution in [1.29, 1.82) is 0 Å². The van der Waals surface area contributed by atoms with Gasteiger partial charge < -0.3 is 4.98 Å². The van der Waals surface area contributed by atoms with Gasteiger partial charge in [0.1, 0.15) is 0 Å². The molecule has 0 bridgehead atoms. The zero-order valence-corrected chi connectivity index (χ0v) is 17.7. The minimum atomic E-state index is -4.49. The standard InChI is InChI=1S/C12H7BrF3NO.C6H3BrF3NO/c13-10-6-8(12(14,15)16)7-17(11(10)18)9-4-2-1-3-5-9;7-4-1-3(6(8,9)10)2-11-5(4)12/h1-7H;1-2H,(H,11,12). The van der Waals surface area contributed by atoms with Gasteiger partial charge in [-0.15, -0.1) is 0 Å². The number of rotatable bonds is 1. The molecule has 0 fully saturated rings. The van der Waals surface area contributed by atoms with Crippen LogP contribution in [0.25, 0.3) is 5.69 Å². The number of H-pyrrole nitrogens is 1. The topological polar surface area (TPSA) is 54.9 Å². The van der Waals surface area contributed by atoms with E-state index in [1.807, 2.05) is 4.98 Å². The highest BCUT2D eigenvalue weighted by molar-refractivity contribution is 9.10. The molecule has 0 amide bonds. The molecule has 0 atom stereocenters. The molecule has 0 aliphatic heterocycles. The van der Waals surface area contributed by atoms with Crippen molar-refractivity contribution in [2.45, 2.75) is 12.4 Å². The number of aromatic nitrogens is 2. The van der Waals surface area contributed by atoms with Crippen molar-refractivity contribution in [3.05, 3.63) is 95.6 Å². The van der Waals surface area contributed by atoms with Crippen molar-refractivity contribution < 1.29 is 26.3 Å². The maximum absolute atomic E-state index is 12.7. The average molecular weight is 560 g/mol. The second kappa shape index (κ2) is 9.21. The number of aromatic amines is 1. The normalized spacial score (nSPS) is 11.6. The summed E-state index contributed by atoms with van der Waals surface area (Å²) in [5.41, 5.74) is -2.49. The van der Waals surface area contributed by atoms with Crippen LogP contribution >= 0.6 is 31.9 Å². The number of para-hydroxylation sites is 1. The Labute approximate surface area is 181 Å². The SMILES string of the molecule is O=c1[nH]cc(C(F)(F)F)cc1Br.O=c1c(Br)cc(C(F)(F)F)cn1-c1ccccc1. The number of hydrogen-bond donors (Lipinski definition) is 1. The molecule has 0 aliphatic carbocycles. The van der Waals surface area contributed by atoms with Crippen LogP contribution in [0.2, 0.25) is 0 Å². The lowest BCUT2D eigenvalue weighted by molar-refractivity contribution is -0.138. The lowest BCUT2D eigenvalue weighted by Gasteiger charge is -2.11. The van der Waals surface area contributed by atoms with Crippen LogP contribution in [0, 0.1) is 0 Å². The molecule has 30 heavy (non-hydrogen) atoms. The maximum Gasteiger partial charge on any atom is 0.417 e. The average Bonchev–Trinajstić information content (AvgIpc) is 2.65. The zero-order chi connectivity index (χ0) is 22.7. The summed E-state index contributed by atoms with van der Waals surface area (Å²) in [5.74, 6) is 0. The number of benzene rings is 1. The summed E-state index contributed by atoms with van der Waals surface area (Å²) in [7, 11) is 0. The van der Waals surface area contributed by atoms with Gasteiger partial charge >= 0.3 is 12.4 Å². The van der Waals surface area contributed by atoms with Crippen LogP contribution in [0.1, 0.15) is 11.1 Å². The molecule has 1 aromatic carbocycles. The van der Waals surface area contributed by atoms with Gasteiger partial charge in [-0.2, -0.15) is 26.3 Å². The number of alkyl halides is 6. The van der Waals surface area contributed by atoms with Crippen LogP contribution < -0.4 is 11.1 Å². The summed E-state index contributed by atoms with van der Waals surface area (Å²) >= 11 is 5.55. The molecule has 160 valence electrons. The van der Waals surface area contributed by atoms with Gasteiger partial charge in [-0.25, -0.2) is 0 Å². The Hall–Kier alpha value is -2.34. The van der Waals surface area contributed by atoms with Gasteiger partial charge in [-0.05, 0) is 56.1 Å². The van der Waals surface area contributed by atoms with E-state index in [1.54, 1.807) is 30.3 Å². The monoisotopic (exact) mass is 558 g/mol. The maximum atomic E-state index is 12.7. The second-order valence-corrected chi connectivity index (χ2v) is 7.36. The summed E-state index contributed by atoms with van der Waals surface area (Å²) in [4.78, 5) is 24.4. The van der Waals surface area contributed by atoms with E-state index in [1.165, 1.54) is 0 Å². The third kappa shape index (κ3) is 6.08. The van der Waals surface area contributed by atoms with Gasteiger partial charge in [0.15, 0.2) is 0 Å². The van der Waals surface area contributed by atoms with Crippen LogP contribution in [0.5, 0.6) is 0 Å². The lowest BCUT2D eigenvalue weighted by atomic mass is 10.2. The van der Waals surface area contributed by atoms with Crippen LogP contribution in [-0.2, 0) is 12.4 Å². The number of halogens is 8. The van der Waals surface area contributed by atoms with E-state index >= 15 is 0 Å². The molecule has 0 aliphatic rings. The zero-order valence-electron chi connectivity index (χ0n) is 14.5. The fraction of sp³-hybridized carbons (Fsp3) is 0.111. The first-order chi connectivity index (χ1) is 13.8. The molecule has 12 heteroatoms. The molecular weight excluding hydrogens is 550 g/mol. The van der Waals surface area contributed by atoms with E-state index in [9.17, 15) is 35.9 Å². The minimum absolute atomic E-state index is 0.124. The van der Waals surface area contributed by atoms with Crippen molar-refractivity contribution in [3.63, 3.8) is 0 Å². The van der Waals surface area contributed by atoms with Gasteiger partial charge in [0.25, 0.3) is 11.1 Å². The summed E-state index contributed by atoms with van der Waals surface area (Å²) in [6.45, 7) is 0. The molecule has 1 N–H and O–H groups in total. The Morgan fingerprint density at radius 1 is 0.800 bits per heavy atom. The van der Waals surface area contributed by atoms with Gasteiger partial charge in [-0.3, -0.25) is 14.2 Å². The lowest BCUT2D eigenvalue weighted by Crippen LogP contribution is -2.21. The highest BCUT2D eigenvalue weighted by Gasteiger charge is 2.32. The molecule has 3 rings (SSSR count). The molecule has 0 saturated carbocycles. The third-order valence-electron chi connectivity index (χ3n) is 3.52. The summed E-state index contributed by atoms with van der Waals surface area (Å²) in [6, 6.07) is 9.66. The summed E-state index contributed by atoms with van der Waals surface area (Å²) in [5, 5.41) is 0. The number of pyridine rings is 2. The Kier molecular flexibility index (Phi) is 7.35. The highest BCUT2D eigenvalue weighted by atomic mass is 79.9. The van der Waals surface area contributed by atoms with Gasteiger partial charge in [0.05, 0.1) is 20.1 Å². The van der Waals surface area contributed by atoms with E-state index in [4.69, 9.17) is 0 Å². The molecule has 0 radical (unpaired) electrons. The molecule has 2 heterocycles. The van der Waals surface area contributed by atoms with Crippen LogP contribution in [0.4, 0.5) is 26.3 Å². The first-order valence-corrected chi connectivity index (χ1v) is 9.39. The Bertz CT molecular complexity index is 1140. The van der Waals surface area contributed by atoms with E-state index in [-0.39, 0.29) is 8.95 Å². The summed E-state index contributed by atoms with van der Waals surface area (Å²) in [6.07, 6.45) is -7.49. The van der Waals surface area contributed by atoms with E-state index in [2.05, 4.69) is 31.9 Å². The fourth-order valence-electron chi connectivity index (χ4n) is 2.10. The molecule has 0 saturated heterocycles. The van der Waals surface area contributed by atoms with E-state index in [0.29, 0.717) is 11.9 Å². The number of nitrogens with one attached hydrogen (secondary N) is 1. The molecule has 2 aromatic heterocycles. The Balaban J connectivity index is 0.000000232. The van der Waals surface area contributed by atoms with Gasteiger partial charge in [0, 0.05) is 18.1 Å². The largest absolute Gasteiger partial charge is 0.417 e. The predicted molar refractivity (Wildman–Crippen MR) is 105 cm³/mol. The van der Waals surface area contributed by atoms with E-state index in [0.717, 1.165) is 22.9 Å². The second-order valence-electron chi connectivity index (χ2n) is 5.65. The molecule has 3 aromatic rings. The highest BCUT2D eigenvalue weighted by Crippen LogP contribution is 2.30. The molecule has 4 nitrogen and oxygen atoms in total. The Morgan fingerprint density at radius 2 is 1.33 bits per heavy atom. The van der Waals surface area contributed by atoms with Crippen LogP contribution in [0.3, 0.4) is 0 Å². The van der Waals surface area contributed by atoms with Crippen molar-refractivity contribution in [3.8, 4) is 5.69 Å². The van der Waals surface area contributed by atoms with Crippen LogP contribution in [0.15, 0.2) is 73.4 Å². The summed E-state index contributed by atoms with van der Waals surface area (Å²) < 4.78 is 74.6. The van der Waals surface area contributed by atoms with Crippen molar-refractivity contribution in [1.82, 2.24) is 9.55 Å². The first kappa shape index (κ1) is 23.9. The fourth-order valence-corrected chi connectivity index (χ4v) is 2.90. The quantitative estimate of drug-likeness (QED) is 0.385. The van der Waals surface area contributed by atoms with Gasteiger partial charge in [-0.1, -0.05) is 18.2 Å². The van der Waals surface area contributed by atoms with Crippen molar-refractivity contribution in [2.24, 2.45) is 0 Å². The number of nitrogens with zero attached hydrogens (tertiary/aromatic N) is 1. The smallest absolute Gasteiger partial charge is 0.328 e. The molecular formula is C18H10Br2F6N2O2. The first-order valence-electron chi connectivity index (χ1n) is 7.81. The molecule has 0 spiro atoms. The Morgan fingerprint density at radius 3 is 1.83 bits per heavy atom. The number of hydrogen-bond acceptors (Lipinski definition) is 2.